The molecule has 0 amide bonds. The predicted octanol–water partition coefficient (Wildman–Crippen LogP) is 3.30. The summed E-state index contributed by atoms with van der Waals surface area (Å²) in [7, 11) is 0. The van der Waals surface area contributed by atoms with E-state index in [1.807, 2.05) is 0 Å². The summed E-state index contributed by atoms with van der Waals surface area (Å²) in [5, 5.41) is 3.40. The number of benzene rings is 1. The van der Waals surface area contributed by atoms with Gasteiger partial charge in [0.2, 0.25) is 0 Å². The Morgan fingerprint density at radius 2 is 2.07 bits per heavy atom. The van der Waals surface area contributed by atoms with Crippen molar-refractivity contribution in [1.29, 1.82) is 0 Å². The molecule has 14 heavy (non-hydrogen) atoms. The van der Waals surface area contributed by atoms with Crippen LogP contribution in [0.5, 0.6) is 0 Å². The van der Waals surface area contributed by atoms with Gasteiger partial charge in [-0.05, 0) is 50.0 Å². The summed E-state index contributed by atoms with van der Waals surface area (Å²) in [5.74, 6) is 0. The van der Waals surface area contributed by atoms with Crippen molar-refractivity contribution in [3.63, 3.8) is 0 Å². The van der Waals surface area contributed by atoms with Gasteiger partial charge in [0.05, 0.1) is 0 Å². The molecule has 0 saturated carbocycles. The second-order valence-electron chi connectivity index (χ2n) is 3.58. The summed E-state index contributed by atoms with van der Waals surface area (Å²) in [6.07, 6.45) is 2.32. The molecule has 0 bridgehead atoms. The second-order valence-corrected chi connectivity index (χ2v) is 4.44. The average molecular weight is 256 g/mol. The zero-order valence-corrected chi connectivity index (χ0v) is 10.5. The molecule has 0 unspecified atom stereocenters. The maximum absolute atomic E-state index is 3.55. The molecule has 0 radical (unpaired) electrons. The van der Waals surface area contributed by atoms with E-state index in [2.05, 4.69) is 53.3 Å². The highest BCUT2D eigenvalue weighted by atomic mass is 79.9. The zero-order valence-electron chi connectivity index (χ0n) is 8.94. The number of hydrogen-bond donors (Lipinski definition) is 1. The van der Waals surface area contributed by atoms with E-state index in [1.165, 1.54) is 22.0 Å². The summed E-state index contributed by atoms with van der Waals surface area (Å²) in [6.45, 7) is 6.50. The van der Waals surface area contributed by atoms with E-state index in [4.69, 9.17) is 0 Å². The van der Waals surface area contributed by atoms with E-state index >= 15 is 0 Å². The highest BCUT2D eigenvalue weighted by Gasteiger charge is 1.96. The molecule has 0 aliphatic rings. The molecule has 1 aromatic carbocycles. The smallest absolute Gasteiger partial charge is 0.0207 e. The quantitative estimate of drug-likeness (QED) is 0.797. The molecule has 0 spiro atoms. The average Bonchev–Trinajstić information content (AvgIpc) is 2.18. The summed E-state index contributed by atoms with van der Waals surface area (Å²) in [6, 6.07) is 6.58. The third-order valence-corrected chi connectivity index (χ3v) is 3.11. The molecule has 1 aromatic rings. The van der Waals surface area contributed by atoms with Crippen molar-refractivity contribution in [3.8, 4) is 0 Å². The third kappa shape index (κ3) is 3.81. The van der Waals surface area contributed by atoms with Crippen molar-refractivity contribution < 1.29 is 0 Å². The molecule has 78 valence electrons. The summed E-state index contributed by atoms with van der Waals surface area (Å²) >= 11 is 3.55. The summed E-state index contributed by atoms with van der Waals surface area (Å²) in [5.41, 5.74) is 2.70. The molecule has 0 fully saturated rings. The minimum Gasteiger partial charge on any atom is -0.316 e. The largest absolute Gasteiger partial charge is 0.316 e. The van der Waals surface area contributed by atoms with Crippen molar-refractivity contribution in [2.24, 2.45) is 0 Å². The lowest BCUT2D eigenvalue weighted by Crippen LogP contribution is -2.17. The van der Waals surface area contributed by atoms with E-state index in [0.29, 0.717) is 0 Å². The second kappa shape index (κ2) is 6.20. The van der Waals surface area contributed by atoms with Gasteiger partial charge in [0.1, 0.15) is 0 Å². The molecular formula is C12H18BrN. The lowest BCUT2D eigenvalue weighted by atomic mass is 10.1. The van der Waals surface area contributed by atoms with Crippen LogP contribution in [0.4, 0.5) is 0 Å². The van der Waals surface area contributed by atoms with Gasteiger partial charge >= 0.3 is 0 Å². The number of nitrogens with one attached hydrogen (secondary N) is 1. The van der Waals surface area contributed by atoms with Crippen molar-refractivity contribution in [2.45, 2.75) is 26.7 Å². The van der Waals surface area contributed by atoms with E-state index in [0.717, 1.165) is 19.5 Å². The fourth-order valence-electron chi connectivity index (χ4n) is 1.33. The van der Waals surface area contributed by atoms with Crippen LogP contribution in [0.3, 0.4) is 0 Å². The van der Waals surface area contributed by atoms with Crippen LogP contribution in [-0.4, -0.2) is 13.1 Å². The minimum absolute atomic E-state index is 1.07. The van der Waals surface area contributed by atoms with Gasteiger partial charge in [-0.1, -0.05) is 35.0 Å². The number of aryl methyl sites for hydroxylation is 1. The SMILES string of the molecule is CCCNCCc1ccc(C)c(Br)c1. The standard InChI is InChI=1S/C12H18BrN/c1-3-7-14-8-6-11-5-4-10(2)12(13)9-11/h4-5,9,14H,3,6-8H2,1-2H3. The molecule has 2 heteroatoms. The molecule has 0 aliphatic carbocycles. The highest BCUT2D eigenvalue weighted by Crippen LogP contribution is 2.17. The Morgan fingerprint density at radius 3 is 2.71 bits per heavy atom. The lowest BCUT2D eigenvalue weighted by molar-refractivity contribution is 0.671. The van der Waals surface area contributed by atoms with Crippen LogP contribution in [0.25, 0.3) is 0 Å². The fourth-order valence-corrected chi connectivity index (χ4v) is 1.75. The van der Waals surface area contributed by atoms with Crippen LogP contribution in [0.1, 0.15) is 24.5 Å². The molecule has 0 heterocycles. The topological polar surface area (TPSA) is 12.0 Å². The summed E-state index contributed by atoms with van der Waals surface area (Å²) in [4.78, 5) is 0. The Labute approximate surface area is 95.0 Å². The predicted molar refractivity (Wildman–Crippen MR) is 65.7 cm³/mol. The van der Waals surface area contributed by atoms with Crippen LogP contribution in [0.15, 0.2) is 22.7 Å². The minimum atomic E-state index is 1.07. The van der Waals surface area contributed by atoms with E-state index in [1.54, 1.807) is 0 Å². The number of rotatable bonds is 5. The van der Waals surface area contributed by atoms with Crippen molar-refractivity contribution in [3.05, 3.63) is 33.8 Å². The Kier molecular flexibility index (Phi) is 5.20. The number of hydrogen-bond acceptors (Lipinski definition) is 1. The molecule has 0 atom stereocenters. The first-order valence-corrected chi connectivity index (χ1v) is 5.99. The Morgan fingerprint density at radius 1 is 1.29 bits per heavy atom. The zero-order chi connectivity index (χ0) is 10.4. The lowest BCUT2D eigenvalue weighted by Gasteiger charge is -2.05. The molecular weight excluding hydrogens is 238 g/mol. The molecule has 1 rings (SSSR count). The monoisotopic (exact) mass is 255 g/mol. The van der Waals surface area contributed by atoms with Gasteiger partial charge in [-0.15, -0.1) is 0 Å². The maximum atomic E-state index is 3.55. The van der Waals surface area contributed by atoms with Crippen LogP contribution >= 0.6 is 15.9 Å². The van der Waals surface area contributed by atoms with Crippen molar-refractivity contribution in [1.82, 2.24) is 5.32 Å². The normalized spacial score (nSPS) is 10.5. The van der Waals surface area contributed by atoms with E-state index < -0.39 is 0 Å². The Bertz CT molecular complexity index is 284. The van der Waals surface area contributed by atoms with Gasteiger partial charge in [-0.3, -0.25) is 0 Å². The first kappa shape index (κ1) is 11.7. The van der Waals surface area contributed by atoms with Crippen LogP contribution < -0.4 is 5.32 Å². The van der Waals surface area contributed by atoms with Crippen LogP contribution in [0, 0.1) is 6.92 Å². The van der Waals surface area contributed by atoms with Gasteiger partial charge in [-0.2, -0.15) is 0 Å². The van der Waals surface area contributed by atoms with E-state index in [-0.39, 0.29) is 0 Å². The highest BCUT2D eigenvalue weighted by molar-refractivity contribution is 9.10. The van der Waals surface area contributed by atoms with Crippen LogP contribution in [-0.2, 0) is 6.42 Å². The molecule has 1 N–H and O–H groups in total. The Hall–Kier alpha value is -0.340. The molecule has 0 aliphatic heterocycles. The van der Waals surface area contributed by atoms with Crippen molar-refractivity contribution >= 4 is 15.9 Å². The maximum Gasteiger partial charge on any atom is 0.0207 e. The molecule has 0 aromatic heterocycles. The summed E-state index contributed by atoms with van der Waals surface area (Å²) < 4.78 is 1.21. The van der Waals surface area contributed by atoms with E-state index in [9.17, 15) is 0 Å². The van der Waals surface area contributed by atoms with Gasteiger partial charge in [0, 0.05) is 4.47 Å². The van der Waals surface area contributed by atoms with Gasteiger partial charge in [0.25, 0.3) is 0 Å². The van der Waals surface area contributed by atoms with Crippen LogP contribution in [0.2, 0.25) is 0 Å². The van der Waals surface area contributed by atoms with Gasteiger partial charge < -0.3 is 5.32 Å². The molecule has 1 nitrogen and oxygen atoms in total. The first-order valence-electron chi connectivity index (χ1n) is 5.19. The first-order chi connectivity index (χ1) is 6.74. The van der Waals surface area contributed by atoms with Gasteiger partial charge in [0.15, 0.2) is 0 Å². The Balaban J connectivity index is 2.39. The van der Waals surface area contributed by atoms with Crippen molar-refractivity contribution in [2.75, 3.05) is 13.1 Å². The third-order valence-electron chi connectivity index (χ3n) is 2.25. The number of halogens is 1. The fraction of sp³-hybridized carbons (Fsp3) is 0.500. The van der Waals surface area contributed by atoms with Gasteiger partial charge in [-0.25, -0.2) is 0 Å². The molecule has 0 saturated heterocycles.